The van der Waals surface area contributed by atoms with Crippen molar-refractivity contribution in [2.45, 2.75) is 55.9 Å². The topological polar surface area (TPSA) is 58.3 Å². The first-order valence-electron chi connectivity index (χ1n) is 9.38. The Bertz CT molecular complexity index is 968. The molecule has 1 aromatic carbocycles. The molecule has 0 radical (unpaired) electrons. The maximum Gasteiger partial charge on any atom is 0.0841 e. The van der Waals surface area contributed by atoms with E-state index in [0.717, 1.165) is 32.3 Å². The molecule has 0 aliphatic rings. The van der Waals surface area contributed by atoms with Gasteiger partial charge in [-0.25, -0.2) is 0 Å². The van der Waals surface area contributed by atoms with Crippen LogP contribution in [0, 0.1) is 0 Å². The Labute approximate surface area is 185 Å². The lowest BCUT2D eigenvalue weighted by Gasteiger charge is -2.15. The number of rotatable bonds is 7. The zero-order valence-electron chi connectivity index (χ0n) is 16.6. The maximum absolute atomic E-state index is 10.5. The molecular weight excluding hydrogens is 427 g/mol. The molecule has 2 N–H and O–H groups in total. The molecule has 3 rings (SSSR count). The van der Waals surface area contributed by atoms with Gasteiger partial charge in [0.2, 0.25) is 0 Å². The molecule has 7 heteroatoms. The third-order valence-electron chi connectivity index (χ3n) is 4.69. The van der Waals surface area contributed by atoms with Crippen LogP contribution in [0.3, 0.4) is 0 Å². The van der Waals surface area contributed by atoms with Gasteiger partial charge < -0.3 is 14.8 Å². The van der Waals surface area contributed by atoms with Crippen molar-refractivity contribution >= 4 is 35.0 Å². The zero-order valence-corrected chi connectivity index (χ0v) is 18.9. The highest BCUT2D eigenvalue weighted by atomic mass is 35.5. The first-order valence-corrected chi connectivity index (χ1v) is 11.0. The van der Waals surface area contributed by atoms with Gasteiger partial charge in [-0.3, -0.25) is 4.98 Å². The van der Waals surface area contributed by atoms with E-state index in [1.165, 1.54) is 0 Å². The SMILES string of the molecule is CC(C)c1c(C(C)O)c(CO)n(Cc2ccncc2)c1Sc1cc(Cl)cc(Cl)c1. The van der Waals surface area contributed by atoms with Crippen LogP contribution in [0.25, 0.3) is 0 Å². The molecule has 0 aliphatic carbocycles. The van der Waals surface area contributed by atoms with E-state index in [1.807, 2.05) is 24.3 Å². The van der Waals surface area contributed by atoms with E-state index in [9.17, 15) is 10.2 Å². The summed E-state index contributed by atoms with van der Waals surface area (Å²) in [6.07, 6.45) is 2.80. The van der Waals surface area contributed by atoms with E-state index in [2.05, 4.69) is 23.4 Å². The van der Waals surface area contributed by atoms with Gasteiger partial charge in [0.25, 0.3) is 0 Å². The largest absolute Gasteiger partial charge is 0.390 e. The summed E-state index contributed by atoms with van der Waals surface area (Å²) in [5.74, 6) is 0.153. The van der Waals surface area contributed by atoms with Crippen LogP contribution in [0.2, 0.25) is 10.0 Å². The Morgan fingerprint density at radius 1 is 1.03 bits per heavy atom. The highest BCUT2D eigenvalue weighted by Crippen LogP contribution is 2.43. The lowest BCUT2D eigenvalue weighted by molar-refractivity contribution is 0.191. The normalized spacial score (nSPS) is 12.6. The van der Waals surface area contributed by atoms with Crippen molar-refractivity contribution in [2.75, 3.05) is 0 Å². The number of pyridine rings is 1. The van der Waals surface area contributed by atoms with Gasteiger partial charge in [-0.1, -0.05) is 48.8 Å². The van der Waals surface area contributed by atoms with Gasteiger partial charge >= 0.3 is 0 Å². The smallest absolute Gasteiger partial charge is 0.0841 e. The molecule has 0 aliphatic heterocycles. The molecule has 0 amide bonds. The summed E-state index contributed by atoms with van der Waals surface area (Å²) in [5, 5.41) is 22.8. The van der Waals surface area contributed by atoms with Gasteiger partial charge in [-0.05, 0) is 54.3 Å². The van der Waals surface area contributed by atoms with Crippen LogP contribution in [-0.2, 0) is 13.2 Å². The number of aromatic nitrogens is 2. The molecule has 1 unspecified atom stereocenters. The zero-order chi connectivity index (χ0) is 21.1. The average molecular weight is 451 g/mol. The van der Waals surface area contributed by atoms with Crippen molar-refractivity contribution < 1.29 is 10.2 Å². The summed E-state index contributed by atoms with van der Waals surface area (Å²) in [7, 11) is 0. The van der Waals surface area contributed by atoms with E-state index in [0.29, 0.717) is 16.6 Å². The minimum Gasteiger partial charge on any atom is -0.390 e. The van der Waals surface area contributed by atoms with Crippen LogP contribution < -0.4 is 0 Å². The van der Waals surface area contributed by atoms with Crippen molar-refractivity contribution in [3.63, 3.8) is 0 Å². The van der Waals surface area contributed by atoms with E-state index >= 15 is 0 Å². The molecule has 29 heavy (non-hydrogen) atoms. The Morgan fingerprint density at radius 3 is 2.17 bits per heavy atom. The van der Waals surface area contributed by atoms with Crippen LogP contribution in [0.1, 0.15) is 55.2 Å². The van der Waals surface area contributed by atoms with Gasteiger partial charge in [0.1, 0.15) is 0 Å². The van der Waals surface area contributed by atoms with Crippen molar-refractivity contribution in [3.8, 4) is 0 Å². The predicted molar refractivity (Wildman–Crippen MR) is 119 cm³/mol. The molecule has 0 saturated carbocycles. The number of hydrogen-bond donors (Lipinski definition) is 2. The highest BCUT2D eigenvalue weighted by Gasteiger charge is 2.27. The molecular formula is C22H24Cl2N2O2S. The lowest BCUT2D eigenvalue weighted by Crippen LogP contribution is -2.08. The summed E-state index contributed by atoms with van der Waals surface area (Å²) >= 11 is 14.0. The summed E-state index contributed by atoms with van der Waals surface area (Å²) in [6, 6.07) is 9.33. The Hall–Kier alpha value is -1.50. The van der Waals surface area contributed by atoms with Crippen LogP contribution in [0.4, 0.5) is 0 Å². The molecule has 0 fully saturated rings. The Morgan fingerprint density at radius 2 is 1.66 bits per heavy atom. The third kappa shape index (κ3) is 4.98. The van der Waals surface area contributed by atoms with E-state index in [1.54, 1.807) is 37.1 Å². The first-order chi connectivity index (χ1) is 13.8. The second-order valence-electron chi connectivity index (χ2n) is 7.22. The lowest BCUT2D eigenvalue weighted by atomic mass is 9.97. The monoisotopic (exact) mass is 450 g/mol. The van der Waals surface area contributed by atoms with Gasteiger partial charge in [0.05, 0.1) is 23.4 Å². The molecule has 2 heterocycles. The molecule has 2 aromatic heterocycles. The summed E-state index contributed by atoms with van der Waals surface area (Å²) in [5.41, 5.74) is 3.59. The molecule has 0 bridgehead atoms. The Balaban J connectivity index is 2.22. The molecule has 154 valence electrons. The number of hydrogen-bond acceptors (Lipinski definition) is 4. The second-order valence-corrected chi connectivity index (χ2v) is 9.15. The summed E-state index contributed by atoms with van der Waals surface area (Å²) < 4.78 is 2.08. The second kappa shape index (κ2) is 9.54. The van der Waals surface area contributed by atoms with Crippen LogP contribution >= 0.6 is 35.0 Å². The van der Waals surface area contributed by atoms with Crippen LogP contribution in [0.15, 0.2) is 52.6 Å². The Kier molecular flexibility index (Phi) is 7.30. The molecule has 0 spiro atoms. The summed E-state index contributed by atoms with van der Waals surface area (Å²) in [6.45, 7) is 6.31. The molecule has 4 nitrogen and oxygen atoms in total. The fourth-order valence-electron chi connectivity index (χ4n) is 3.53. The van der Waals surface area contributed by atoms with Gasteiger partial charge in [0.15, 0.2) is 0 Å². The quantitative estimate of drug-likeness (QED) is 0.459. The van der Waals surface area contributed by atoms with Crippen LogP contribution in [-0.4, -0.2) is 19.8 Å². The highest BCUT2D eigenvalue weighted by molar-refractivity contribution is 7.99. The van der Waals surface area contributed by atoms with E-state index in [-0.39, 0.29) is 12.5 Å². The third-order valence-corrected chi connectivity index (χ3v) is 6.23. The van der Waals surface area contributed by atoms with Gasteiger partial charge in [-0.2, -0.15) is 0 Å². The van der Waals surface area contributed by atoms with Crippen molar-refractivity contribution in [3.05, 3.63) is 75.2 Å². The van der Waals surface area contributed by atoms with E-state index < -0.39 is 6.10 Å². The minimum absolute atomic E-state index is 0.153. The number of benzene rings is 1. The van der Waals surface area contributed by atoms with Crippen molar-refractivity contribution in [1.29, 1.82) is 0 Å². The average Bonchev–Trinajstić information content (AvgIpc) is 2.95. The standard InChI is InChI=1S/C22H24Cl2N2O2S/c1-13(2)20-21(14(3)28)19(12-27)26(11-15-4-6-25-7-5-15)22(20)29-18-9-16(23)8-17(24)10-18/h4-10,13-14,27-28H,11-12H2,1-3H3. The fraction of sp³-hybridized carbons (Fsp3) is 0.318. The molecule has 1 atom stereocenters. The fourth-order valence-corrected chi connectivity index (χ4v) is 5.52. The number of aliphatic hydroxyl groups is 2. The maximum atomic E-state index is 10.5. The van der Waals surface area contributed by atoms with E-state index in [4.69, 9.17) is 23.2 Å². The minimum atomic E-state index is -0.699. The van der Waals surface area contributed by atoms with Gasteiger partial charge in [0, 0.05) is 39.4 Å². The van der Waals surface area contributed by atoms with Gasteiger partial charge in [-0.15, -0.1) is 0 Å². The molecule has 3 aromatic rings. The van der Waals surface area contributed by atoms with Crippen LogP contribution in [0.5, 0.6) is 0 Å². The first kappa shape index (κ1) is 22.2. The van der Waals surface area contributed by atoms with Crippen molar-refractivity contribution in [1.82, 2.24) is 9.55 Å². The molecule has 0 saturated heterocycles. The number of nitrogens with zero attached hydrogens (tertiary/aromatic N) is 2. The summed E-state index contributed by atoms with van der Waals surface area (Å²) in [4.78, 5) is 4.99. The predicted octanol–water partition coefficient (Wildman–Crippen LogP) is 6.06. The van der Waals surface area contributed by atoms with Crippen molar-refractivity contribution in [2.24, 2.45) is 0 Å². The number of aliphatic hydroxyl groups excluding tert-OH is 2. The number of halogens is 2.